The van der Waals surface area contributed by atoms with E-state index in [1.54, 1.807) is 7.11 Å². The summed E-state index contributed by atoms with van der Waals surface area (Å²) in [5.41, 5.74) is 2.65. The van der Waals surface area contributed by atoms with Crippen molar-refractivity contribution in [1.82, 2.24) is 0 Å². The minimum Gasteiger partial charge on any atom is -0.497 e. The smallest absolute Gasteiger partial charge is 0.118 e. The Morgan fingerprint density at radius 1 is 1.12 bits per heavy atom. The number of hydrogen-bond acceptors (Lipinski definition) is 2. The molecule has 138 valence electrons. The summed E-state index contributed by atoms with van der Waals surface area (Å²) in [5.74, 6) is 2.03. The number of rotatable bonds is 6. The van der Waals surface area contributed by atoms with Crippen LogP contribution in [-0.4, -0.2) is 25.9 Å². The minimum atomic E-state index is -1.04. The van der Waals surface area contributed by atoms with E-state index in [0.29, 0.717) is 0 Å². The Balaban J connectivity index is 2.48. The fourth-order valence-corrected chi connectivity index (χ4v) is 4.37. The number of allylic oxidation sites excluding steroid dienone is 6. The molecule has 0 saturated carbocycles. The zero-order valence-electron chi connectivity index (χ0n) is 16.5. The van der Waals surface area contributed by atoms with Crippen LogP contribution in [0.2, 0.25) is 0 Å². The molecule has 1 aromatic carbocycles. The molecule has 0 aliphatic heterocycles. The van der Waals surface area contributed by atoms with Crippen LogP contribution in [-0.2, 0) is 9.60 Å². The monoisotopic (exact) mass is 360 g/mol. The second kappa shape index (κ2) is 8.18. The van der Waals surface area contributed by atoms with E-state index < -0.39 is 10.3 Å². The average Bonchev–Trinajstić information content (AvgIpc) is 2.58. The third-order valence-electron chi connectivity index (χ3n) is 4.63. The molecule has 0 fully saturated rings. The molecule has 1 atom stereocenters. The Hall–Kier alpha value is -1.61. The highest BCUT2D eigenvalue weighted by atomic mass is 32.3. The molecular weight excluding hydrogens is 328 g/mol. The summed E-state index contributed by atoms with van der Waals surface area (Å²) in [6.07, 6.45) is 18.5. The molecule has 0 aromatic heterocycles. The van der Waals surface area contributed by atoms with E-state index in [1.165, 1.54) is 11.1 Å². The van der Waals surface area contributed by atoms with Gasteiger partial charge in [0, 0.05) is 11.8 Å². The second-order valence-corrected chi connectivity index (χ2v) is 10.9. The van der Waals surface area contributed by atoms with Crippen LogP contribution in [0.1, 0.15) is 38.7 Å². The lowest BCUT2D eigenvalue weighted by Gasteiger charge is -2.41. The maximum Gasteiger partial charge on any atom is 0.118 e. The van der Waals surface area contributed by atoms with Crippen LogP contribution in [0.15, 0.2) is 59.9 Å². The van der Waals surface area contributed by atoms with Crippen LogP contribution in [0.4, 0.5) is 0 Å². The van der Waals surface area contributed by atoms with E-state index in [4.69, 9.17) is 8.92 Å². The topological polar surface area (TPSA) is 18.5 Å². The van der Waals surface area contributed by atoms with E-state index in [0.717, 1.165) is 30.8 Å². The summed E-state index contributed by atoms with van der Waals surface area (Å²) < 4.78 is 11.7. The maximum absolute atomic E-state index is 6.34. The van der Waals surface area contributed by atoms with Crippen molar-refractivity contribution in [2.24, 2.45) is 0 Å². The molecular formula is C22H32O2S. The highest BCUT2D eigenvalue weighted by Crippen LogP contribution is 2.50. The first-order chi connectivity index (χ1) is 11.8. The van der Waals surface area contributed by atoms with Crippen molar-refractivity contribution >= 4 is 10.3 Å². The molecule has 0 saturated heterocycles. The van der Waals surface area contributed by atoms with Crippen LogP contribution >= 0.6 is 10.3 Å². The Kier molecular flexibility index (Phi) is 6.45. The van der Waals surface area contributed by atoms with Crippen molar-refractivity contribution < 1.29 is 8.92 Å². The first-order valence-corrected chi connectivity index (χ1v) is 11.6. The predicted octanol–water partition coefficient (Wildman–Crippen LogP) is 6.15. The van der Waals surface area contributed by atoms with Crippen molar-refractivity contribution in [2.45, 2.75) is 38.5 Å². The first kappa shape index (κ1) is 19.7. The van der Waals surface area contributed by atoms with E-state index in [-0.39, 0.29) is 5.41 Å². The van der Waals surface area contributed by atoms with Gasteiger partial charge < -0.3 is 8.92 Å². The first-order valence-electron chi connectivity index (χ1n) is 8.85. The van der Waals surface area contributed by atoms with Gasteiger partial charge in [0.25, 0.3) is 0 Å². The summed E-state index contributed by atoms with van der Waals surface area (Å²) in [6.45, 7) is 4.22. The number of ether oxygens (including phenoxy) is 1. The third-order valence-corrected chi connectivity index (χ3v) is 5.34. The molecule has 0 heterocycles. The Labute approximate surface area is 155 Å². The number of methoxy groups -OCH3 is 1. The van der Waals surface area contributed by atoms with Crippen molar-refractivity contribution in [1.29, 1.82) is 0 Å². The fraction of sp³-hybridized carbons (Fsp3) is 0.455. The van der Waals surface area contributed by atoms with Gasteiger partial charge in [-0.25, -0.2) is 0 Å². The lowest BCUT2D eigenvalue weighted by atomic mass is 9.66. The molecule has 0 N–H and O–H groups in total. The molecule has 25 heavy (non-hydrogen) atoms. The molecule has 0 radical (unpaired) electrons. The van der Waals surface area contributed by atoms with Crippen LogP contribution in [0.5, 0.6) is 5.75 Å². The maximum atomic E-state index is 6.34. The van der Waals surface area contributed by atoms with Gasteiger partial charge in [0.1, 0.15) is 11.5 Å². The van der Waals surface area contributed by atoms with Gasteiger partial charge in [-0.15, -0.1) is 10.3 Å². The molecule has 2 nitrogen and oxygen atoms in total. The highest BCUT2D eigenvalue weighted by molar-refractivity contribution is 8.28. The van der Waals surface area contributed by atoms with Gasteiger partial charge in [-0.2, -0.15) is 0 Å². The summed E-state index contributed by atoms with van der Waals surface area (Å²) in [6, 6.07) is 8.54. The largest absolute Gasteiger partial charge is 0.497 e. The Morgan fingerprint density at radius 2 is 1.80 bits per heavy atom. The minimum absolute atomic E-state index is 0.0394. The van der Waals surface area contributed by atoms with E-state index in [1.807, 2.05) is 0 Å². The molecule has 1 aliphatic carbocycles. The molecule has 0 spiro atoms. The van der Waals surface area contributed by atoms with Crippen molar-refractivity contribution in [3.63, 3.8) is 0 Å². The zero-order chi connectivity index (χ0) is 18.5. The SMILES string of the molecule is C/C=C\C(=C/C)C1(c2ccc(OC)cc2)CCC=C(OS(C)(C)C)C1. The van der Waals surface area contributed by atoms with Crippen molar-refractivity contribution in [3.8, 4) is 5.75 Å². The Morgan fingerprint density at radius 3 is 2.32 bits per heavy atom. The van der Waals surface area contributed by atoms with Crippen LogP contribution in [0.3, 0.4) is 0 Å². The summed E-state index contributed by atoms with van der Waals surface area (Å²) in [7, 11) is 0.674. The van der Waals surface area contributed by atoms with Crippen LogP contribution in [0.25, 0.3) is 0 Å². The van der Waals surface area contributed by atoms with E-state index in [9.17, 15) is 0 Å². The molecule has 2 rings (SSSR count). The van der Waals surface area contributed by atoms with Crippen molar-refractivity contribution in [2.75, 3.05) is 25.9 Å². The molecule has 1 aromatic rings. The number of hydrogen-bond donors (Lipinski definition) is 0. The average molecular weight is 361 g/mol. The molecule has 0 amide bonds. The molecule has 0 bridgehead atoms. The fourth-order valence-electron chi connectivity index (χ4n) is 3.60. The molecule has 1 aliphatic rings. The van der Waals surface area contributed by atoms with Gasteiger partial charge in [-0.1, -0.05) is 30.4 Å². The van der Waals surface area contributed by atoms with Crippen molar-refractivity contribution in [3.05, 3.63) is 65.5 Å². The van der Waals surface area contributed by atoms with Gasteiger partial charge in [0.2, 0.25) is 0 Å². The molecule has 3 heteroatoms. The zero-order valence-corrected chi connectivity index (χ0v) is 17.3. The van der Waals surface area contributed by atoms with Crippen LogP contribution in [0, 0.1) is 0 Å². The summed E-state index contributed by atoms with van der Waals surface area (Å²) in [4.78, 5) is 0. The standard InChI is InChI=1S/C22H32O2S/c1-7-10-18(8-2)22(19-12-14-20(23-3)15-13-19)16-9-11-21(17-22)24-25(4,5)6/h7-8,10-15H,9,16-17H2,1-6H3/b10-7-,18-8+. The summed E-state index contributed by atoms with van der Waals surface area (Å²) >= 11 is 0. The van der Waals surface area contributed by atoms with E-state index >= 15 is 0 Å². The third kappa shape index (κ3) is 4.72. The molecule has 1 unspecified atom stereocenters. The van der Waals surface area contributed by atoms with Crippen LogP contribution < -0.4 is 4.74 Å². The normalized spacial score (nSPS) is 22.6. The Bertz CT molecular complexity index is 662. The van der Waals surface area contributed by atoms with Gasteiger partial charge >= 0.3 is 0 Å². The quantitative estimate of drug-likeness (QED) is 0.567. The lowest BCUT2D eigenvalue weighted by molar-refractivity contribution is 0.350. The van der Waals surface area contributed by atoms with Gasteiger partial charge in [0.05, 0.1) is 7.11 Å². The highest BCUT2D eigenvalue weighted by Gasteiger charge is 2.38. The number of benzene rings is 1. The summed E-state index contributed by atoms with van der Waals surface area (Å²) in [5, 5.41) is 0. The van der Waals surface area contributed by atoms with Gasteiger partial charge in [-0.3, -0.25) is 0 Å². The van der Waals surface area contributed by atoms with E-state index in [2.05, 4.69) is 81.2 Å². The predicted molar refractivity (Wildman–Crippen MR) is 112 cm³/mol. The second-order valence-electron chi connectivity index (χ2n) is 7.25. The van der Waals surface area contributed by atoms with Gasteiger partial charge in [-0.05, 0) is 74.8 Å². The lowest BCUT2D eigenvalue weighted by Crippen LogP contribution is -2.31. The van der Waals surface area contributed by atoms with Gasteiger partial charge in [0.15, 0.2) is 0 Å².